The Balaban J connectivity index is 1.38. The Morgan fingerprint density at radius 1 is 0.852 bits per heavy atom. The van der Waals surface area contributed by atoms with Crippen molar-refractivity contribution >= 4 is 68.1 Å². The normalized spacial score (nSPS) is 12.7. The molecule has 0 saturated heterocycles. The molecule has 0 saturated carbocycles. The largest absolute Gasteiger partial charge is 0.493 e. The molecule has 5 rings (SSSR count). The topological polar surface area (TPSA) is 166 Å². The maximum atomic E-state index is 13.5. The first kappa shape index (κ1) is 39.9. The number of urea groups is 1. The van der Waals surface area contributed by atoms with Gasteiger partial charge in [0.15, 0.2) is 5.75 Å². The highest BCUT2D eigenvalue weighted by Crippen LogP contribution is 2.45. The van der Waals surface area contributed by atoms with Crippen molar-refractivity contribution in [2.45, 2.75) is 40.0 Å². The number of carbonyl (C=O) groups is 1. The summed E-state index contributed by atoms with van der Waals surface area (Å²) in [6.45, 7) is 11.9. The molecule has 1 unspecified atom stereocenters. The summed E-state index contributed by atoms with van der Waals surface area (Å²) in [4.78, 5) is 17.9. The van der Waals surface area contributed by atoms with Gasteiger partial charge < -0.3 is 34.7 Å². The van der Waals surface area contributed by atoms with E-state index in [4.69, 9.17) is 18.7 Å². The smallest absolute Gasteiger partial charge is 0.323 e. The van der Waals surface area contributed by atoms with Gasteiger partial charge >= 0.3 is 6.03 Å². The molecule has 15 heteroatoms. The van der Waals surface area contributed by atoms with Crippen LogP contribution in [0.3, 0.4) is 0 Å². The lowest BCUT2D eigenvalue weighted by Crippen LogP contribution is -2.22. The first-order valence-electron chi connectivity index (χ1n) is 17.2. The Labute approximate surface area is 316 Å². The zero-order chi connectivity index (χ0) is 39.3. The number of fused-ring (bicyclic) bond motifs is 1. The third kappa shape index (κ3) is 9.81. The van der Waals surface area contributed by atoms with Crippen molar-refractivity contribution in [3.63, 3.8) is 0 Å². The predicted molar refractivity (Wildman–Crippen MR) is 217 cm³/mol. The number of aromatic nitrogens is 1. The number of carbonyl (C=O) groups excluding carboxylic acids is 1. The van der Waals surface area contributed by atoms with E-state index >= 15 is 0 Å². The molecule has 1 aromatic heterocycles. The number of nitrogens with zero attached hydrogens (tertiary/aromatic N) is 1. The van der Waals surface area contributed by atoms with E-state index in [9.17, 15) is 17.8 Å². The van der Waals surface area contributed by atoms with Crippen LogP contribution in [0.1, 0.15) is 40.2 Å². The summed E-state index contributed by atoms with van der Waals surface area (Å²) in [5.41, 5.74) is 2.11. The van der Waals surface area contributed by atoms with Gasteiger partial charge in [-0.2, -0.15) is 0 Å². The van der Waals surface area contributed by atoms with Crippen molar-refractivity contribution in [2.75, 3.05) is 53.9 Å². The molecule has 286 valence electrons. The molecule has 0 aliphatic carbocycles. The summed E-state index contributed by atoms with van der Waals surface area (Å²) in [5, 5.41) is 11.0. The minimum atomic E-state index is -3.64. The van der Waals surface area contributed by atoms with Gasteiger partial charge in [-0.05, 0) is 67.3 Å². The lowest BCUT2D eigenvalue weighted by Gasteiger charge is -2.24. The van der Waals surface area contributed by atoms with Gasteiger partial charge in [0.2, 0.25) is 17.4 Å². The minimum Gasteiger partial charge on any atom is -0.493 e. The number of sulfonamides is 1. The molecule has 0 spiro atoms. The van der Waals surface area contributed by atoms with Crippen molar-refractivity contribution in [1.82, 2.24) is 4.98 Å². The van der Waals surface area contributed by atoms with Gasteiger partial charge in [0, 0.05) is 41.5 Å². The van der Waals surface area contributed by atoms with Gasteiger partial charge in [0.25, 0.3) is 0 Å². The molecule has 1 heterocycles. The fraction of sp³-hybridized carbons (Fsp3) is 0.282. The van der Waals surface area contributed by atoms with Crippen molar-refractivity contribution in [1.29, 1.82) is 0 Å². The number of nitrogens with one attached hydrogen (secondary N) is 4. The average Bonchev–Trinajstić information content (AvgIpc) is 3.08. The van der Waals surface area contributed by atoms with Crippen LogP contribution < -0.4 is 40.2 Å². The number of rotatable bonds is 14. The van der Waals surface area contributed by atoms with Gasteiger partial charge in [-0.3, -0.25) is 9.29 Å². The molecule has 4 aromatic carbocycles. The highest BCUT2D eigenvalue weighted by molar-refractivity contribution is 7.92. The molecule has 0 bridgehead atoms. The Hall–Kier alpha value is -5.30. The summed E-state index contributed by atoms with van der Waals surface area (Å²) < 4.78 is 63.2. The highest BCUT2D eigenvalue weighted by Gasteiger charge is 2.25. The molecule has 5 aromatic rings. The zero-order valence-electron chi connectivity index (χ0n) is 31.6. The third-order valence-corrected chi connectivity index (χ3v) is 10.7. The van der Waals surface area contributed by atoms with Gasteiger partial charge in [-0.1, -0.05) is 45.0 Å². The van der Waals surface area contributed by atoms with Crippen LogP contribution in [0.4, 0.5) is 33.4 Å². The number of methoxy groups -OCH3 is 1. The number of benzene rings is 4. The van der Waals surface area contributed by atoms with E-state index in [2.05, 4.69) is 25.7 Å². The highest BCUT2D eigenvalue weighted by atomic mass is 32.2. The Morgan fingerprint density at radius 2 is 1.56 bits per heavy atom. The molecule has 2 amide bonds. The van der Waals surface area contributed by atoms with E-state index in [0.29, 0.717) is 58.6 Å². The van der Waals surface area contributed by atoms with Gasteiger partial charge in [0.1, 0.15) is 23.1 Å². The number of hydrogen-bond donors (Lipinski definition) is 4. The SMILES string of the molecule is CCOc1cc(Nc2cc(Oc3ccc(NC(=O)Nc4cc(C(C)(C)C)cc(NS(C)(=O)=O)c4OC)c4ccccc34)ccn2)ccc1P(C)(=O)OCC. The van der Waals surface area contributed by atoms with E-state index in [1.54, 1.807) is 74.4 Å². The number of ether oxygens (including phenoxy) is 3. The fourth-order valence-corrected chi connectivity index (χ4v) is 7.79. The number of amides is 2. The van der Waals surface area contributed by atoms with E-state index in [-0.39, 0.29) is 16.9 Å². The quantitative estimate of drug-likeness (QED) is 0.0800. The summed E-state index contributed by atoms with van der Waals surface area (Å²) >= 11 is 0. The number of pyridine rings is 1. The third-order valence-electron chi connectivity index (χ3n) is 8.14. The van der Waals surface area contributed by atoms with Crippen LogP contribution in [-0.2, 0) is 24.5 Å². The maximum absolute atomic E-state index is 13.5. The Kier molecular flexibility index (Phi) is 12.1. The Bertz CT molecular complexity index is 2330. The zero-order valence-corrected chi connectivity index (χ0v) is 33.3. The van der Waals surface area contributed by atoms with Crippen LogP contribution in [0.2, 0.25) is 0 Å². The molecule has 0 radical (unpaired) electrons. The maximum Gasteiger partial charge on any atom is 0.323 e. The van der Waals surface area contributed by atoms with Crippen LogP contribution in [0.15, 0.2) is 85.1 Å². The average molecular weight is 776 g/mol. The molecule has 4 N–H and O–H groups in total. The first-order chi connectivity index (χ1) is 25.5. The van der Waals surface area contributed by atoms with Crippen molar-refractivity contribution in [2.24, 2.45) is 0 Å². The van der Waals surface area contributed by atoms with Crippen molar-refractivity contribution in [3.05, 3.63) is 90.6 Å². The minimum absolute atomic E-state index is 0.170. The summed E-state index contributed by atoms with van der Waals surface area (Å²) in [6.07, 6.45) is 2.67. The number of anilines is 5. The second kappa shape index (κ2) is 16.4. The van der Waals surface area contributed by atoms with Gasteiger partial charge in [-0.15, -0.1) is 0 Å². The van der Waals surface area contributed by atoms with Crippen LogP contribution in [-0.4, -0.2) is 52.7 Å². The fourth-order valence-electron chi connectivity index (χ4n) is 5.73. The molecule has 0 fully saturated rings. The summed E-state index contributed by atoms with van der Waals surface area (Å²) in [6, 6.07) is 22.7. The van der Waals surface area contributed by atoms with Gasteiger partial charge in [0.05, 0.1) is 48.9 Å². The molecule has 13 nitrogen and oxygen atoms in total. The van der Waals surface area contributed by atoms with Crippen LogP contribution in [0, 0.1) is 0 Å². The molecule has 0 aliphatic rings. The molecule has 1 atom stereocenters. The second-order valence-electron chi connectivity index (χ2n) is 13.4. The first-order valence-corrected chi connectivity index (χ1v) is 21.2. The lowest BCUT2D eigenvalue weighted by atomic mass is 9.86. The molecular weight excluding hydrogens is 729 g/mol. The van der Waals surface area contributed by atoms with E-state index in [1.165, 1.54) is 7.11 Å². The number of hydrogen-bond acceptors (Lipinski definition) is 10. The van der Waals surface area contributed by atoms with Crippen LogP contribution in [0.5, 0.6) is 23.0 Å². The second-order valence-corrected chi connectivity index (χ2v) is 17.6. The summed E-state index contributed by atoms with van der Waals surface area (Å²) in [7, 11) is -5.30. The van der Waals surface area contributed by atoms with Crippen molar-refractivity contribution in [3.8, 4) is 23.0 Å². The molecule has 0 aliphatic heterocycles. The molecule has 54 heavy (non-hydrogen) atoms. The standard InChI is InChI=1S/C39H46N5O8PS/c1-9-50-34-23-26(15-18-35(34)53(7,46)51-10-2)41-36-24-27(19-20-40-36)52-33-17-16-30(28-13-11-12-14-29(28)33)42-38(45)43-31-21-25(39(3,4)5)22-32(37(31)49-6)44-54(8,47)48/h11-24,44H,9-10H2,1-8H3,(H,40,41)(H2,42,43,45). The Morgan fingerprint density at radius 3 is 2.22 bits per heavy atom. The van der Waals surface area contributed by atoms with E-state index in [1.807, 2.05) is 52.0 Å². The summed E-state index contributed by atoms with van der Waals surface area (Å²) in [5.74, 6) is 2.20. The monoisotopic (exact) mass is 775 g/mol. The predicted octanol–water partition coefficient (Wildman–Crippen LogP) is 9.06. The lowest BCUT2D eigenvalue weighted by molar-refractivity contribution is 0.262. The van der Waals surface area contributed by atoms with Crippen LogP contribution >= 0.6 is 7.37 Å². The van der Waals surface area contributed by atoms with Crippen molar-refractivity contribution < 1.29 is 36.5 Å². The van der Waals surface area contributed by atoms with Crippen LogP contribution in [0.25, 0.3) is 10.8 Å². The van der Waals surface area contributed by atoms with E-state index in [0.717, 1.165) is 22.6 Å². The van der Waals surface area contributed by atoms with Gasteiger partial charge in [-0.25, -0.2) is 18.2 Å². The molecular formula is C39H46N5O8PS. The van der Waals surface area contributed by atoms with E-state index < -0.39 is 23.4 Å².